The predicted molar refractivity (Wildman–Crippen MR) is 66.7 cm³/mol. The smallest absolute Gasteiger partial charge is 0.337 e. The molecule has 0 aliphatic rings. The Balaban J connectivity index is 3.22. The number of hydrogen-bond donors (Lipinski definition) is 2. The molecule has 0 amide bonds. The van der Waals surface area contributed by atoms with Gasteiger partial charge in [0.1, 0.15) is 0 Å². The molecule has 4 nitrogen and oxygen atoms in total. The lowest BCUT2D eigenvalue weighted by atomic mass is 9.97. The lowest BCUT2D eigenvalue weighted by Crippen LogP contribution is -2.12. The molecule has 0 spiro atoms. The highest BCUT2D eigenvalue weighted by Crippen LogP contribution is 2.27. The van der Waals surface area contributed by atoms with Crippen molar-refractivity contribution >= 4 is 27.7 Å². The second-order valence-corrected chi connectivity index (χ2v) is 4.54. The first-order valence-corrected chi connectivity index (χ1v) is 6.42. The lowest BCUT2D eigenvalue weighted by molar-refractivity contribution is -0.146. The average Bonchev–Trinajstić information content (AvgIpc) is 2.37. The number of rotatable bonds is 6. The van der Waals surface area contributed by atoms with Gasteiger partial charge in [-0.25, -0.2) is 13.6 Å². The number of alkyl halides is 3. The first-order valence-electron chi connectivity index (χ1n) is 5.30. The number of hydrogen-bond acceptors (Lipinski definition) is 3. The van der Waals surface area contributed by atoms with Crippen LogP contribution in [0.3, 0.4) is 0 Å². The average molecular weight is 337 g/mol. The van der Waals surface area contributed by atoms with Crippen LogP contribution in [0.2, 0.25) is 0 Å². The number of carbonyl (C=O) groups is 2. The Kier molecular flexibility index (Phi) is 5.56. The van der Waals surface area contributed by atoms with Gasteiger partial charge < -0.3 is 10.2 Å². The van der Waals surface area contributed by atoms with Crippen molar-refractivity contribution in [1.82, 2.24) is 0 Å². The van der Waals surface area contributed by atoms with Gasteiger partial charge in [-0.15, -0.1) is 0 Å². The van der Waals surface area contributed by atoms with Crippen molar-refractivity contribution in [3.05, 3.63) is 34.9 Å². The fraction of sp³-hybridized carbons (Fsp3) is 0.333. The molecule has 0 aliphatic heterocycles. The number of aliphatic hydroxyl groups is 1. The highest BCUT2D eigenvalue weighted by Gasteiger charge is 2.22. The van der Waals surface area contributed by atoms with Crippen molar-refractivity contribution < 1.29 is 28.6 Å². The summed E-state index contributed by atoms with van der Waals surface area (Å²) in [7, 11) is 0. The number of carbonyl (C=O) groups excluding carboxylic acids is 1. The highest BCUT2D eigenvalue weighted by atomic mass is 79.9. The van der Waals surface area contributed by atoms with E-state index in [2.05, 4.69) is 15.9 Å². The second-order valence-electron chi connectivity index (χ2n) is 3.75. The van der Waals surface area contributed by atoms with Crippen LogP contribution in [0.5, 0.6) is 0 Å². The summed E-state index contributed by atoms with van der Waals surface area (Å²) < 4.78 is 25.8. The number of aliphatic hydroxyl groups excluding tert-OH is 1. The third-order valence-corrected chi connectivity index (χ3v) is 2.88. The summed E-state index contributed by atoms with van der Waals surface area (Å²) in [6.45, 7) is 0. The molecule has 19 heavy (non-hydrogen) atoms. The molecule has 0 heterocycles. The van der Waals surface area contributed by atoms with Crippen LogP contribution in [-0.4, -0.2) is 27.3 Å². The zero-order valence-corrected chi connectivity index (χ0v) is 11.2. The molecule has 2 N–H and O–H groups in total. The van der Waals surface area contributed by atoms with Gasteiger partial charge in [0.2, 0.25) is 0 Å². The molecule has 0 aliphatic carbocycles. The Morgan fingerprint density at radius 3 is 2.42 bits per heavy atom. The van der Waals surface area contributed by atoms with Gasteiger partial charge in [-0.2, -0.15) is 0 Å². The van der Waals surface area contributed by atoms with E-state index in [0.717, 1.165) is 18.2 Å². The zero-order valence-electron chi connectivity index (χ0n) is 9.65. The van der Waals surface area contributed by atoms with E-state index in [-0.39, 0.29) is 17.5 Å². The quantitative estimate of drug-likeness (QED) is 0.618. The third kappa shape index (κ3) is 3.81. The first kappa shape index (κ1) is 15.7. The molecule has 1 aromatic carbocycles. The second kappa shape index (κ2) is 6.72. The summed E-state index contributed by atoms with van der Waals surface area (Å²) in [5.74, 6) is -2.01. The zero-order chi connectivity index (χ0) is 14.6. The van der Waals surface area contributed by atoms with Crippen LogP contribution in [0.4, 0.5) is 8.78 Å². The molecule has 1 atom stereocenters. The van der Waals surface area contributed by atoms with Gasteiger partial charge in [-0.05, 0) is 11.6 Å². The molecule has 0 saturated carbocycles. The summed E-state index contributed by atoms with van der Waals surface area (Å²) in [6, 6.07) is 3.13. The summed E-state index contributed by atoms with van der Waals surface area (Å²) in [5, 5.41) is 18.3. The Bertz CT molecular complexity index is 491. The minimum absolute atomic E-state index is 0.0561. The van der Waals surface area contributed by atoms with Gasteiger partial charge in [0.15, 0.2) is 11.9 Å². The standard InChI is InChI=1S/C12H11BrF2O4/c13-4-3-9(16)7-2-1-6(10(17)12(18)19)5-8(7)11(14)15/h1-2,5,10-11,17H,3-4H2,(H,18,19). The molecule has 1 aromatic rings. The Labute approximate surface area is 116 Å². The monoisotopic (exact) mass is 336 g/mol. The number of carboxylic acids is 1. The van der Waals surface area contributed by atoms with Crippen molar-refractivity contribution in [1.29, 1.82) is 0 Å². The molecule has 1 unspecified atom stereocenters. The summed E-state index contributed by atoms with van der Waals surface area (Å²) >= 11 is 3.04. The van der Waals surface area contributed by atoms with E-state index in [9.17, 15) is 23.5 Å². The van der Waals surface area contributed by atoms with Crippen molar-refractivity contribution in [2.45, 2.75) is 19.0 Å². The van der Waals surface area contributed by atoms with E-state index in [1.165, 1.54) is 0 Å². The minimum Gasteiger partial charge on any atom is -0.479 e. The van der Waals surface area contributed by atoms with Gasteiger partial charge >= 0.3 is 5.97 Å². The largest absolute Gasteiger partial charge is 0.479 e. The number of benzene rings is 1. The Morgan fingerprint density at radius 2 is 1.95 bits per heavy atom. The maximum Gasteiger partial charge on any atom is 0.337 e. The Hall–Kier alpha value is -1.34. The van der Waals surface area contributed by atoms with E-state index in [0.29, 0.717) is 5.33 Å². The molecule has 0 bridgehead atoms. The van der Waals surface area contributed by atoms with Crippen LogP contribution in [0.25, 0.3) is 0 Å². The summed E-state index contributed by atoms with van der Waals surface area (Å²) in [6.07, 6.45) is -4.76. The summed E-state index contributed by atoms with van der Waals surface area (Å²) in [4.78, 5) is 22.2. The maximum absolute atomic E-state index is 12.9. The van der Waals surface area contributed by atoms with E-state index in [1.54, 1.807) is 0 Å². The normalized spacial score (nSPS) is 12.5. The number of carboxylic acid groups (broad SMARTS) is 1. The lowest BCUT2D eigenvalue weighted by Gasteiger charge is -2.12. The van der Waals surface area contributed by atoms with Gasteiger partial charge in [0.05, 0.1) is 0 Å². The fourth-order valence-electron chi connectivity index (χ4n) is 1.55. The van der Waals surface area contributed by atoms with Crippen LogP contribution in [0, 0.1) is 0 Å². The van der Waals surface area contributed by atoms with Crippen LogP contribution < -0.4 is 0 Å². The Morgan fingerprint density at radius 1 is 1.32 bits per heavy atom. The summed E-state index contributed by atoms with van der Waals surface area (Å²) in [5.41, 5.74) is -0.905. The molecule has 104 valence electrons. The van der Waals surface area contributed by atoms with Gasteiger partial charge in [0, 0.05) is 22.9 Å². The van der Waals surface area contributed by atoms with Crippen molar-refractivity contribution in [2.24, 2.45) is 0 Å². The number of aliphatic carboxylic acids is 1. The molecule has 7 heteroatoms. The number of ketones is 1. The SMILES string of the molecule is O=C(CCBr)c1ccc(C(O)C(=O)O)cc1C(F)F. The van der Waals surface area contributed by atoms with Gasteiger partial charge in [-0.1, -0.05) is 28.1 Å². The molecular weight excluding hydrogens is 326 g/mol. The van der Waals surface area contributed by atoms with E-state index in [1.807, 2.05) is 0 Å². The molecule has 0 fully saturated rings. The molecular formula is C12H11BrF2O4. The number of halogens is 3. The minimum atomic E-state index is -2.92. The molecule has 0 aromatic heterocycles. The predicted octanol–water partition coefficient (Wildman–Crippen LogP) is 2.71. The van der Waals surface area contributed by atoms with Crippen molar-refractivity contribution in [3.63, 3.8) is 0 Å². The highest BCUT2D eigenvalue weighted by molar-refractivity contribution is 9.09. The van der Waals surface area contributed by atoms with Crippen molar-refractivity contribution in [3.8, 4) is 0 Å². The first-order chi connectivity index (χ1) is 8.88. The van der Waals surface area contributed by atoms with Gasteiger partial charge in [0.25, 0.3) is 6.43 Å². The van der Waals surface area contributed by atoms with Crippen LogP contribution in [-0.2, 0) is 4.79 Å². The topological polar surface area (TPSA) is 74.6 Å². The van der Waals surface area contributed by atoms with Crippen molar-refractivity contribution in [2.75, 3.05) is 5.33 Å². The number of Topliss-reactive ketones (excluding diaryl/α,β-unsaturated/α-hetero) is 1. The fourth-order valence-corrected chi connectivity index (χ4v) is 1.91. The van der Waals surface area contributed by atoms with E-state index >= 15 is 0 Å². The third-order valence-electron chi connectivity index (χ3n) is 2.48. The molecule has 0 saturated heterocycles. The van der Waals surface area contributed by atoms with E-state index in [4.69, 9.17) is 5.11 Å². The van der Waals surface area contributed by atoms with Gasteiger partial charge in [-0.3, -0.25) is 4.79 Å². The maximum atomic E-state index is 12.9. The van der Waals surface area contributed by atoms with Crippen LogP contribution >= 0.6 is 15.9 Å². The van der Waals surface area contributed by atoms with E-state index < -0.39 is 29.8 Å². The molecule has 1 rings (SSSR count). The van der Waals surface area contributed by atoms with Crippen LogP contribution in [0.1, 0.15) is 40.4 Å². The molecule has 0 radical (unpaired) electrons. The van der Waals surface area contributed by atoms with Crippen LogP contribution in [0.15, 0.2) is 18.2 Å².